The number of carbonyl (C=O) groups is 1. The average molecular weight is 170 g/mol. The Morgan fingerprint density at radius 1 is 1.67 bits per heavy atom. The molecule has 0 spiro atoms. The summed E-state index contributed by atoms with van der Waals surface area (Å²) >= 11 is 0. The van der Waals surface area contributed by atoms with E-state index in [2.05, 4.69) is 17.1 Å². The largest absolute Gasteiger partial charge is 0.269 e. The fraction of sp³-hybridized carbons (Fsp3) is 0.250. The first-order valence-corrected chi connectivity index (χ1v) is 3.40. The fourth-order valence-corrected chi connectivity index (χ4v) is 0.469. The van der Waals surface area contributed by atoms with Gasteiger partial charge in [0.15, 0.2) is 0 Å². The normalized spacial score (nSPS) is 12.6. The molecular formula is C8H11FN2O. The van der Waals surface area contributed by atoms with Crippen molar-refractivity contribution in [3.63, 3.8) is 0 Å². The summed E-state index contributed by atoms with van der Waals surface area (Å²) in [5.74, 6) is -1.20. The van der Waals surface area contributed by atoms with E-state index in [0.717, 1.165) is 6.08 Å². The van der Waals surface area contributed by atoms with Gasteiger partial charge in [0, 0.05) is 6.21 Å². The maximum atomic E-state index is 12.7. The molecule has 1 N–H and O–H groups in total. The van der Waals surface area contributed by atoms with Crippen LogP contribution >= 0.6 is 0 Å². The van der Waals surface area contributed by atoms with Crippen LogP contribution in [0.1, 0.15) is 13.8 Å². The van der Waals surface area contributed by atoms with E-state index in [9.17, 15) is 9.18 Å². The van der Waals surface area contributed by atoms with Gasteiger partial charge < -0.3 is 0 Å². The maximum absolute atomic E-state index is 12.7. The van der Waals surface area contributed by atoms with Crippen molar-refractivity contribution in [2.75, 3.05) is 0 Å². The van der Waals surface area contributed by atoms with Crippen LogP contribution in [0.15, 0.2) is 29.2 Å². The first-order valence-electron chi connectivity index (χ1n) is 3.40. The van der Waals surface area contributed by atoms with E-state index in [1.165, 1.54) is 13.1 Å². The molecule has 0 fully saturated rings. The molecule has 0 aromatic rings. The van der Waals surface area contributed by atoms with E-state index >= 15 is 0 Å². The average Bonchev–Trinajstić information content (AvgIpc) is 2.11. The van der Waals surface area contributed by atoms with Crippen LogP contribution in [0.3, 0.4) is 0 Å². The van der Waals surface area contributed by atoms with E-state index < -0.39 is 11.7 Å². The summed E-state index contributed by atoms with van der Waals surface area (Å²) in [5, 5.41) is 3.45. The van der Waals surface area contributed by atoms with Gasteiger partial charge in [0.1, 0.15) is 5.83 Å². The van der Waals surface area contributed by atoms with Gasteiger partial charge in [-0.2, -0.15) is 5.10 Å². The van der Waals surface area contributed by atoms with Crippen molar-refractivity contribution in [3.05, 3.63) is 24.1 Å². The fourth-order valence-electron chi connectivity index (χ4n) is 0.469. The number of halogens is 1. The molecule has 0 unspecified atom stereocenters. The van der Waals surface area contributed by atoms with Crippen molar-refractivity contribution in [1.82, 2.24) is 5.43 Å². The summed E-state index contributed by atoms with van der Waals surface area (Å²) < 4.78 is 12.7. The van der Waals surface area contributed by atoms with Gasteiger partial charge >= 0.3 is 0 Å². The molecule has 0 heterocycles. The molecule has 4 heteroatoms. The van der Waals surface area contributed by atoms with E-state index in [-0.39, 0.29) is 5.57 Å². The lowest BCUT2D eigenvalue weighted by atomic mass is 10.2. The molecule has 0 aliphatic rings. The molecule has 0 radical (unpaired) electrons. The van der Waals surface area contributed by atoms with Gasteiger partial charge in [-0.25, -0.2) is 9.82 Å². The van der Waals surface area contributed by atoms with Crippen LogP contribution in [0.2, 0.25) is 0 Å². The third kappa shape index (κ3) is 3.09. The molecular weight excluding hydrogens is 159 g/mol. The number of nitrogens with zero attached hydrogens (tertiary/aromatic N) is 1. The van der Waals surface area contributed by atoms with Gasteiger partial charge in [0.25, 0.3) is 5.91 Å². The van der Waals surface area contributed by atoms with Crippen molar-refractivity contribution < 1.29 is 9.18 Å². The highest BCUT2D eigenvalue weighted by atomic mass is 19.1. The predicted octanol–water partition coefficient (Wildman–Crippen LogP) is 1.54. The number of nitrogens with one attached hydrogen (secondary N) is 1. The lowest BCUT2D eigenvalue weighted by Gasteiger charge is -1.98. The second-order valence-corrected chi connectivity index (χ2v) is 2.01. The Hall–Kier alpha value is -1.45. The number of amides is 1. The minimum Gasteiger partial charge on any atom is -0.268 e. The molecule has 66 valence electrons. The van der Waals surface area contributed by atoms with Crippen LogP contribution in [0.5, 0.6) is 0 Å². The summed E-state index contributed by atoms with van der Waals surface area (Å²) in [5.41, 5.74) is 2.10. The Bertz CT molecular complexity index is 243. The Labute approximate surface area is 70.7 Å². The van der Waals surface area contributed by atoms with Crippen LogP contribution in [0.4, 0.5) is 4.39 Å². The second-order valence-electron chi connectivity index (χ2n) is 2.01. The molecule has 0 aromatic heterocycles. The van der Waals surface area contributed by atoms with Crippen molar-refractivity contribution in [1.29, 1.82) is 0 Å². The highest BCUT2D eigenvalue weighted by molar-refractivity contribution is 5.93. The van der Waals surface area contributed by atoms with Gasteiger partial charge in [0.05, 0.1) is 5.57 Å². The lowest BCUT2D eigenvalue weighted by Crippen LogP contribution is -2.18. The number of rotatable bonds is 3. The zero-order chi connectivity index (χ0) is 9.56. The lowest BCUT2D eigenvalue weighted by molar-refractivity contribution is -0.117. The topological polar surface area (TPSA) is 41.5 Å². The number of carbonyl (C=O) groups excluding carboxylic acids is 1. The molecule has 0 saturated heterocycles. The van der Waals surface area contributed by atoms with Gasteiger partial charge in [-0.05, 0) is 19.9 Å². The van der Waals surface area contributed by atoms with Crippen molar-refractivity contribution in [2.45, 2.75) is 13.8 Å². The molecule has 0 atom stereocenters. The Balaban J connectivity index is 4.38. The van der Waals surface area contributed by atoms with Crippen molar-refractivity contribution in [2.24, 2.45) is 5.10 Å². The molecule has 0 aliphatic heterocycles. The van der Waals surface area contributed by atoms with Gasteiger partial charge in [-0.1, -0.05) is 6.58 Å². The third-order valence-corrected chi connectivity index (χ3v) is 1.17. The highest BCUT2D eigenvalue weighted by Gasteiger charge is 2.06. The maximum Gasteiger partial charge on any atom is 0.269 e. The van der Waals surface area contributed by atoms with Crippen molar-refractivity contribution in [3.8, 4) is 0 Å². The summed E-state index contributed by atoms with van der Waals surface area (Å²) in [7, 11) is 0. The Morgan fingerprint density at radius 3 is 2.67 bits per heavy atom. The van der Waals surface area contributed by atoms with Gasteiger partial charge in [-0.15, -0.1) is 0 Å². The van der Waals surface area contributed by atoms with Crippen LogP contribution < -0.4 is 5.43 Å². The molecule has 0 aromatic carbocycles. The Kier molecular flexibility index (Phi) is 4.60. The van der Waals surface area contributed by atoms with E-state index in [1.807, 2.05) is 0 Å². The molecule has 3 nitrogen and oxygen atoms in total. The third-order valence-electron chi connectivity index (χ3n) is 1.17. The molecule has 0 aliphatic carbocycles. The zero-order valence-electron chi connectivity index (χ0n) is 7.10. The molecule has 1 amide bonds. The van der Waals surface area contributed by atoms with Crippen LogP contribution in [0.25, 0.3) is 0 Å². The summed E-state index contributed by atoms with van der Waals surface area (Å²) in [6.45, 7) is 6.19. The van der Waals surface area contributed by atoms with Gasteiger partial charge in [-0.3, -0.25) is 4.79 Å². The van der Waals surface area contributed by atoms with Crippen LogP contribution in [-0.2, 0) is 4.79 Å². The number of allylic oxidation sites excluding steroid dienone is 2. The number of hydrogen-bond acceptors (Lipinski definition) is 2. The minimum absolute atomic E-state index is 0.0319. The predicted molar refractivity (Wildman–Crippen MR) is 46.3 cm³/mol. The summed E-state index contributed by atoms with van der Waals surface area (Å²) in [6.07, 6.45) is 2.38. The number of hydrazone groups is 1. The van der Waals surface area contributed by atoms with E-state index in [1.54, 1.807) is 6.92 Å². The number of hydrogen-bond donors (Lipinski definition) is 1. The molecule has 0 bridgehead atoms. The van der Waals surface area contributed by atoms with Crippen LogP contribution in [-0.4, -0.2) is 12.1 Å². The van der Waals surface area contributed by atoms with E-state index in [0.29, 0.717) is 0 Å². The second kappa shape index (κ2) is 5.23. The first kappa shape index (κ1) is 10.6. The summed E-state index contributed by atoms with van der Waals surface area (Å²) in [6, 6.07) is 0. The molecule has 0 rings (SSSR count). The summed E-state index contributed by atoms with van der Waals surface area (Å²) in [4.78, 5) is 10.9. The smallest absolute Gasteiger partial charge is 0.268 e. The Morgan fingerprint density at radius 2 is 2.25 bits per heavy atom. The van der Waals surface area contributed by atoms with Gasteiger partial charge in [0.2, 0.25) is 0 Å². The first-order chi connectivity index (χ1) is 5.63. The SMILES string of the molecule is C=C/C(F)=C(\C)C(=O)N/N=C\C. The van der Waals surface area contributed by atoms with Crippen molar-refractivity contribution >= 4 is 12.1 Å². The standard InChI is InChI=1S/C8H11FN2O/c1-4-7(9)6(3)8(12)11-10-5-2/h4-5H,1H2,2-3H3,(H,11,12)/b7-6-,10-5-. The highest BCUT2D eigenvalue weighted by Crippen LogP contribution is 2.05. The quantitative estimate of drug-likeness (QED) is 0.297. The minimum atomic E-state index is -0.640. The van der Waals surface area contributed by atoms with E-state index in [4.69, 9.17) is 0 Å². The molecule has 12 heavy (non-hydrogen) atoms. The zero-order valence-corrected chi connectivity index (χ0v) is 7.10. The molecule has 0 saturated carbocycles. The van der Waals surface area contributed by atoms with Crippen LogP contribution in [0, 0.1) is 0 Å². The monoisotopic (exact) mass is 170 g/mol.